The van der Waals surface area contributed by atoms with Crippen LogP contribution in [-0.2, 0) is 6.54 Å². The van der Waals surface area contributed by atoms with E-state index in [-0.39, 0.29) is 5.82 Å². The molecule has 1 atom stereocenters. The van der Waals surface area contributed by atoms with Gasteiger partial charge in [0.15, 0.2) is 0 Å². The summed E-state index contributed by atoms with van der Waals surface area (Å²) in [5, 5.41) is 4.11. The Hall–Kier alpha value is -0.640. The van der Waals surface area contributed by atoms with E-state index in [2.05, 4.69) is 24.1 Å². The van der Waals surface area contributed by atoms with Gasteiger partial charge in [-0.05, 0) is 43.5 Å². The van der Waals surface area contributed by atoms with Gasteiger partial charge < -0.3 is 5.32 Å². The molecule has 0 saturated carbocycles. The second-order valence-electron chi connectivity index (χ2n) is 6.12. The fourth-order valence-electron chi connectivity index (χ4n) is 2.85. The van der Waals surface area contributed by atoms with Crippen LogP contribution in [0.25, 0.3) is 0 Å². The van der Waals surface area contributed by atoms with E-state index in [1.165, 1.54) is 18.9 Å². The Bertz CT molecular complexity index is 430. The molecule has 0 aromatic heterocycles. The highest BCUT2D eigenvalue weighted by atomic mass is 35.5. The minimum absolute atomic E-state index is 0.164. The summed E-state index contributed by atoms with van der Waals surface area (Å²) in [5.41, 5.74) is 0.691. The largest absolute Gasteiger partial charge is 0.313 e. The van der Waals surface area contributed by atoms with Gasteiger partial charge in [0.2, 0.25) is 0 Å². The number of halogens is 2. The van der Waals surface area contributed by atoms with Crippen LogP contribution in [0.1, 0.15) is 32.3 Å². The van der Waals surface area contributed by atoms with Gasteiger partial charge in [0.25, 0.3) is 0 Å². The first kappa shape index (κ1) is 15.7. The third-order valence-corrected chi connectivity index (χ3v) is 3.90. The van der Waals surface area contributed by atoms with Gasteiger partial charge in [-0.15, -0.1) is 0 Å². The van der Waals surface area contributed by atoms with Gasteiger partial charge >= 0.3 is 0 Å². The predicted octanol–water partition coefficient (Wildman–Crippen LogP) is 3.69. The Morgan fingerprint density at radius 2 is 2.25 bits per heavy atom. The molecule has 1 aromatic rings. The maximum absolute atomic E-state index is 13.9. The molecule has 1 fully saturated rings. The minimum atomic E-state index is -0.164. The molecule has 0 radical (unpaired) electrons. The highest BCUT2D eigenvalue weighted by Crippen LogP contribution is 2.18. The summed E-state index contributed by atoms with van der Waals surface area (Å²) in [4.78, 5) is 2.34. The maximum atomic E-state index is 13.9. The number of nitrogens with zero attached hydrogens (tertiary/aromatic N) is 1. The van der Waals surface area contributed by atoms with E-state index in [1.807, 2.05) is 0 Å². The molecular formula is C16H24ClFN2. The van der Waals surface area contributed by atoms with E-state index in [4.69, 9.17) is 11.6 Å². The highest BCUT2D eigenvalue weighted by molar-refractivity contribution is 6.30. The van der Waals surface area contributed by atoms with Crippen LogP contribution in [0.15, 0.2) is 18.2 Å². The molecule has 1 aromatic carbocycles. The van der Waals surface area contributed by atoms with Crippen LogP contribution >= 0.6 is 11.6 Å². The van der Waals surface area contributed by atoms with Crippen LogP contribution in [0.5, 0.6) is 0 Å². The Balaban J connectivity index is 2.03. The van der Waals surface area contributed by atoms with E-state index in [9.17, 15) is 4.39 Å². The highest BCUT2D eigenvalue weighted by Gasteiger charge is 2.19. The van der Waals surface area contributed by atoms with Gasteiger partial charge in [0, 0.05) is 36.3 Å². The van der Waals surface area contributed by atoms with Crippen LogP contribution in [-0.4, -0.2) is 30.6 Å². The van der Waals surface area contributed by atoms with E-state index in [0.29, 0.717) is 29.1 Å². The zero-order chi connectivity index (χ0) is 14.5. The van der Waals surface area contributed by atoms with E-state index in [1.54, 1.807) is 12.1 Å². The second-order valence-corrected chi connectivity index (χ2v) is 6.55. The quantitative estimate of drug-likeness (QED) is 0.862. The first-order chi connectivity index (χ1) is 9.54. The summed E-state index contributed by atoms with van der Waals surface area (Å²) in [7, 11) is 0. The molecule has 0 amide bonds. The monoisotopic (exact) mass is 298 g/mol. The van der Waals surface area contributed by atoms with Crippen molar-refractivity contribution in [3.63, 3.8) is 0 Å². The Morgan fingerprint density at radius 3 is 2.90 bits per heavy atom. The molecule has 1 heterocycles. The zero-order valence-corrected chi connectivity index (χ0v) is 13.1. The number of nitrogens with one attached hydrogen (secondary N) is 1. The van der Waals surface area contributed by atoms with E-state index >= 15 is 0 Å². The van der Waals surface area contributed by atoms with Crippen LogP contribution in [0.4, 0.5) is 4.39 Å². The molecule has 4 heteroatoms. The average molecular weight is 299 g/mol. The lowest BCUT2D eigenvalue weighted by Gasteiger charge is -2.27. The third-order valence-electron chi connectivity index (χ3n) is 3.67. The van der Waals surface area contributed by atoms with Gasteiger partial charge in [-0.25, -0.2) is 4.39 Å². The van der Waals surface area contributed by atoms with Crippen molar-refractivity contribution in [2.24, 2.45) is 5.92 Å². The standard InChI is InChI=1S/C16H24ClFN2/c1-12(2)9-20(11-15-4-3-7-19-15)10-13-8-14(17)5-6-16(13)18/h5-6,8,12,15,19H,3-4,7,9-11H2,1-2H3. The number of hydrogen-bond donors (Lipinski definition) is 1. The molecule has 20 heavy (non-hydrogen) atoms. The summed E-state index contributed by atoms with van der Waals surface area (Å²) in [6.07, 6.45) is 2.46. The summed E-state index contributed by atoms with van der Waals surface area (Å²) in [6.45, 7) is 8.08. The molecule has 0 bridgehead atoms. The molecular weight excluding hydrogens is 275 g/mol. The Labute approximate surface area is 126 Å². The molecule has 2 nitrogen and oxygen atoms in total. The number of rotatable bonds is 6. The van der Waals surface area contributed by atoms with Crippen LogP contribution in [0.3, 0.4) is 0 Å². The maximum Gasteiger partial charge on any atom is 0.127 e. The Morgan fingerprint density at radius 1 is 1.45 bits per heavy atom. The molecule has 112 valence electrons. The first-order valence-corrected chi connectivity index (χ1v) is 7.82. The van der Waals surface area contributed by atoms with Gasteiger partial charge in [-0.1, -0.05) is 25.4 Å². The fraction of sp³-hybridized carbons (Fsp3) is 0.625. The lowest BCUT2D eigenvalue weighted by molar-refractivity contribution is 0.213. The second kappa shape index (κ2) is 7.39. The third kappa shape index (κ3) is 4.72. The average Bonchev–Trinajstić information content (AvgIpc) is 2.86. The van der Waals surface area contributed by atoms with Gasteiger partial charge in [0.1, 0.15) is 5.82 Å². The molecule has 0 aliphatic carbocycles. The Kier molecular flexibility index (Phi) is 5.82. The van der Waals surface area contributed by atoms with E-state index < -0.39 is 0 Å². The van der Waals surface area contributed by atoms with Crippen molar-refractivity contribution in [2.75, 3.05) is 19.6 Å². The summed E-state index contributed by atoms with van der Waals surface area (Å²) < 4.78 is 13.9. The SMILES string of the molecule is CC(C)CN(Cc1cc(Cl)ccc1F)CC1CCCN1. The molecule has 1 saturated heterocycles. The lowest BCUT2D eigenvalue weighted by atomic mass is 10.1. The van der Waals surface area contributed by atoms with Crippen molar-refractivity contribution >= 4 is 11.6 Å². The van der Waals surface area contributed by atoms with Gasteiger partial charge in [-0.3, -0.25) is 4.90 Å². The van der Waals surface area contributed by atoms with Gasteiger partial charge in [0.05, 0.1) is 0 Å². The molecule has 2 rings (SSSR count). The van der Waals surface area contributed by atoms with Crippen molar-refractivity contribution < 1.29 is 4.39 Å². The predicted molar refractivity (Wildman–Crippen MR) is 82.5 cm³/mol. The van der Waals surface area contributed by atoms with Crippen LogP contribution in [0.2, 0.25) is 5.02 Å². The zero-order valence-electron chi connectivity index (χ0n) is 12.3. The smallest absolute Gasteiger partial charge is 0.127 e. The number of benzene rings is 1. The molecule has 1 aliphatic heterocycles. The fourth-order valence-corrected chi connectivity index (χ4v) is 3.04. The number of hydrogen-bond acceptors (Lipinski definition) is 2. The lowest BCUT2D eigenvalue weighted by Crippen LogP contribution is -2.39. The molecule has 1 unspecified atom stereocenters. The van der Waals surface area contributed by atoms with Crippen molar-refractivity contribution in [3.05, 3.63) is 34.6 Å². The minimum Gasteiger partial charge on any atom is -0.313 e. The molecule has 1 aliphatic rings. The van der Waals surface area contributed by atoms with Crippen molar-refractivity contribution in [2.45, 2.75) is 39.3 Å². The van der Waals surface area contributed by atoms with E-state index in [0.717, 1.165) is 19.6 Å². The molecule has 1 N–H and O–H groups in total. The normalized spacial score (nSPS) is 19.2. The summed E-state index contributed by atoms with van der Waals surface area (Å²) in [6, 6.07) is 5.34. The van der Waals surface area contributed by atoms with Gasteiger partial charge in [-0.2, -0.15) is 0 Å². The first-order valence-electron chi connectivity index (χ1n) is 7.44. The van der Waals surface area contributed by atoms with Crippen molar-refractivity contribution in [3.8, 4) is 0 Å². The topological polar surface area (TPSA) is 15.3 Å². The van der Waals surface area contributed by atoms with Crippen LogP contribution in [0, 0.1) is 11.7 Å². The van der Waals surface area contributed by atoms with Crippen molar-refractivity contribution in [1.29, 1.82) is 0 Å². The van der Waals surface area contributed by atoms with Crippen LogP contribution < -0.4 is 5.32 Å². The molecule has 0 spiro atoms. The van der Waals surface area contributed by atoms with Crippen molar-refractivity contribution in [1.82, 2.24) is 10.2 Å². The summed E-state index contributed by atoms with van der Waals surface area (Å²) in [5.74, 6) is 0.404. The summed E-state index contributed by atoms with van der Waals surface area (Å²) >= 11 is 5.98.